The van der Waals surface area contributed by atoms with Crippen molar-refractivity contribution in [2.75, 3.05) is 4.90 Å². The zero-order chi connectivity index (χ0) is 10.8. The summed E-state index contributed by atoms with van der Waals surface area (Å²) in [5.41, 5.74) is 0.879. The molecule has 0 spiro atoms. The molecule has 1 heterocycles. The number of aliphatic imine (C=N–C) groups is 1. The van der Waals surface area contributed by atoms with Gasteiger partial charge in [-0.15, -0.1) is 0 Å². The Morgan fingerprint density at radius 2 is 2.13 bits per heavy atom. The number of nitrogens with zero attached hydrogens (tertiary/aromatic N) is 2. The van der Waals surface area contributed by atoms with Crippen LogP contribution in [0.1, 0.15) is 6.92 Å². The van der Waals surface area contributed by atoms with Gasteiger partial charge in [0.2, 0.25) is 0 Å². The fourth-order valence-corrected chi connectivity index (χ4v) is 1.87. The van der Waals surface area contributed by atoms with Crippen molar-refractivity contribution in [1.29, 1.82) is 0 Å². The van der Waals surface area contributed by atoms with Crippen LogP contribution < -0.4 is 4.90 Å². The third-order valence-electron chi connectivity index (χ3n) is 2.25. The molecule has 1 aliphatic heterocycles. The largest absolute Gasteiger partial charge is 0.324 e. The maximum atomic E-state index is 6.13. The van der Waals surface area contributed by atoms with E-state index in [2.05, 4.69) is 4.99 Å². The molecule has 1 aromatic carbocycles. The number of allylic oxidation sites excluding steroid dienone is 1. The van der Waals surface area contributed by atoms with E-state index in [1.54, 1.807) is 12.3 Å². The van der Waals surface area contributed by atoms with Crippen molar-refractivity contribution in [2.45, 2.75) is 13.1 Å². The molecule has 0 saturated carbocycles. The first-order valence-corrected chi connectivity index (χ1v) is 5.38. The van der Waals surface area contributed by atoms with E-state index in [0.717, 1.165) is 5.69 Å². The van der Waals surface area contributed by atoms with Crippen molar-refractivity contribution in [3.05, 3.63) is 40.5 Å². The summed E-state index contributed by atoms with van der Waals surface area (Å²) in [6.07, 6.45) is 5.64. The molecule has 0 N–H and O–H groups in total. The van der Waals surface area contributed by atoms with Gasteiger partial charge >= 0.3 is 0 Å². The second-order valence-corrected chi connectivity index (χ2v) is 4.04. The van der Waals surface area contributed by atoms with Gasteiger partial charge in [-0.3, -0.25) is 4.99 Å². The van der Waals surface area contributed by atoms with Gasteiger partial charge in [0.05, 0.1) is 15.7 Å². The van der Waals surface area contributed by atoms with Crippen LogP contribution in [0.5, 0.6) is 0 Å². The third kappa shape index (κ3) is 2.01. The van der Waals surface area contributed by atoms with E-state index in [1.165, 1.54) is 0 Å². The Kier molecular flexibility index (Phi) is 2.98. The Hall–Kier alpha value is -0.990. The minimum Gasteiger partial charge on any atom is -0.324 e. The Morgan fingerprint density at radius 1 is 1.33 bits per heavy atom. The molecule has 0 fully saturated rings. The summed E-state index contributed by atoms with van der Waals surface area (Å²) in [7, 11) is 0. The highest BCUT2D eigenvalue weighted by Gasteiger charge is 2.16. The minimum atomic E-state index is 0.0472. The normalized spacial score (nSPS) is 19.7. The van der Waals surface area contributed by atoms with Gasteiger partial charge < -0.3 is 4.90 Å². The molecule has 78 valence electrons. The number of hydrogen-bond donors (Lipinski definition) is 0. The lowest BCUT2D eigenvalue weighted by Crippen LogP contribution is -2.28. The molecule has 0 amide bonds. The molecule has 1 unspecified atom stereocenters. The summed E-state index contributed by atoms with van der Waals surface area (Å²) in [6.45, 7) is 2.00. The fourth-order valence-electron chi connectivity index (χ4n) is 1.48. The molecule has 0 saturated heterocycles. The molecule has 0 aromatic heterocycles. The van der Waals surface area contributed by atoms with E-state index < -0.39 is 0 Å². The summed E-state index contributed by atoms with van der Waals surface area (Å²) in [5.74, 6) is 0. The van der Waals surface area contributed by atoms with Crippen molar-refractivity contribution < 1.29 is 0 Å². The van der Waals surface area contributed by atoms with Gasteiger partial charge in [-0.1, -0.05) is 29.3 Å². The summed E-state index contributed by atoms with van der Waals surface area (Å²) >= 11 is 12.1. The van der Waals surface area contributed by atoms with E-state index >= 15 is 0 Å². The van der Waals surface area contributed by atoms with Crippen molar-refractivity contribution in [2.24, 2.45) is 4.99 Å². The fraction of sp³-hybridized carbons (Fsp3) is 0.182. The lowest BCUT2D eigenvalue weighted by atomic mass is 10.2. The van der Waals surface area contributed by atoms with Gasteiger partial charge in [0.25, 0.3) is 0 Å². The number of rotatable bonds is 1. The monoisotopic (exact) mass is 240 g/mol. The van der Waals surface area contributed by atoms with Crippen molar-refractivity contribution in [1.82, 2.24) is 0 Å². The number of hydrogen-bond acceptors (Lipinski definition) is 2. The molecule has 0 bridgehead atoms. The van der Waals surface area contributed by atoms with Crippen LogP contribution in [0.15, 0.2) is 35.5 Å². The lowest BCUT2D eigenvalue weighted by molar-refractivity contribution is 0.746. The standard InChI is InChI=1S/C11H10Cl2N2/c1-8-14-6-3-7-15(8)10-5-2-4-9(12)11(10)13/h2-8H,1H3. The molecule has 15 heavy (non-hydrogen) atoms. The second-order valence-electron chi connectivity index (χ2n) is 3.25. The first kappa shape index (κ1) is 10.5. The van der Waals surface area contributed by atoms with Crippen LogP contribution in [0.25, 0.3) is 0 Å². The molecule has 2 nitrogen and oxygen atoms in total. The topological polar surface area (TPSA) is 15.6 Å². The third-order valence-corrected chi connectivity index (χ3v) is 3.06. The predicted molar refractivity (Wildman–Crippen MR) is 66.0 cm³/mol. The molecule has 1 aromatic rings. The Balaban J connectivity index is 2.41. The molecule has 0 radical (unpaired) electrons. The summed E-state index contributed by atoms with van der Waals surface area (Å²) in [4.78, 5) is 6.25. The van der Waals surface area contributed by atoms with E-state index in [1.807, 2.05) is 36.2 Å². The Bertz CT molecular complexity index is 427. The zero-order valence-electron chi connectivity index (χ0n) is 8.19. The smallest absolute Gasteiger partial charge is 0.122 e. The van der Waals surface area contributed by atoms with Crippen LogP contribution in [0.4, 0.5) is 5.69 Å². The minimum absolute atomic E-state index is 0.0472. The van der Waals surface area contributed by atoms with E-state index in [9.17, 15) is 0 Å². The average Bonchev–Trinajstić information content (AvgIpc) is 2.23. The highest BCUT2D eigenvalue weighted by Crippen LogP contribution is 2.34. The highest BCUT2D eigenvalue weighted by atomic mass is 35.5. The molecule has 0 aliphatic carbocycles. The lowest BCUT2D eigenvalue weighted by Gasteiger charge is -2.27. The van der Waals surface area contributed by atoms with Crippen LogP contribution in [-0.2, 0) is 0 Å². The van der Waals surface area contributed by atoms with Crippen molar-refractivity contribution in [3.8, 4) is 0 Å². The summed E-state index contributed by atoms with van der Waals surface area (Å²) < 4.78 is 0. The van der Waals surface area contributed by atoms with E-state index in [-0.39, 0.29) is 6.17 Å². The SMILES string of the molecule is CC1N=CC=CN1c1cccc(Cl)c1Cl. The molecule has 1 atom stereocenters. The van der Waals surface area contributed by atoms with Crippen LogP contribution in [0, 0.1) is 0 Å². The maximum absolute atomic E-state index is 6.13. The number of anilines is 1. The van der Waals surface area contributed by atoms with E-state index in [4.69, 9.17) is 23.2 Å². The van der Waals surface area contributed by atoms with Crippen molar-refractivity contribution >= 4 is 35.1 Å². The van der Waals surface area contributed by atoms with Crippen LogP contribution in [0.3, 0.4) is 0 Å². The van der Waals surface area contributed by atoms with Gasteiger partial charge in [0.1, 0.15) is 6.17 Å². The summed E-state index contributed by atoms with van der Waals surface area (Å²) in [6, 6.07) is 5.58. The van der Waals surface area contributed by atoms with E-state index in [0.29, 0.717) is 10.0 Å². The Morgan fingerprint density at radius 3 is 2.87 bits per heavy atom. The first-order chi connectivity index (χ1) is 7.20. The number of halogens is 2. The highest BCUT2D eigenvalue weighted by molar-refractivity contribution is 6.43. The number of benzene rings is 1. The molecule has 4 heteroatoms. The van der Waals surface area contributed by atoms with Crippen LogP contribution >= 0.6 is 23.2 Å². The summed E-state index contributed by atoms with van der Waals surface area (Å²) in [5, 5.41) is 1.12. The quantitative estimate of drug-likeness (QED) is 0.731. The van der Waals surface area contributed by atoms with Crippen molar-refractivity contribution in [3.63, 3.8) is 0 Å². The van der Waals surface area contributed by atoms with Gasteiger partial charge in [-0.25, -0.2) is 0 Å². The predicted octanol–water partition coefficient (Wildman–Crippen LogP) is 3.74. The molecule has 2 rings (SSSR count). The van der Waals surface area contributed by atoms with Crippen LogP contribution in [-0.4, -0.2) is 12.4 Å². The second kappa shape index (κ2) is 4.25. The average molecular weight is 241 g/mol. The van der Waals surface area contributed by atoms with Gasteiger partial charge in [0, 0.05) is 12.4 Å². The Labute approximate surface area is 98.8 Å². The molecular formula is C11H10Cl2N2. The van der Waals surface area contributed by atoms with Crippen LogP contribution in [0.2, 0.25) is 10.0 Å². The molecule has 1 aliphatic rings. The van der Waals surface area contributed by atoms with Gasteiger partial charge in [-0.05, 0) is 25.1 Å². The maximum Gasteiger partial charge on any atom is 0.122 e. The van der Waals surface area contributed by atoms with Gasteiger partial charge in [0.15, 0.2) is 0 Å². The first-order valence-electron chi connectivity index (χ1n) is 4.62. The van der Waals surface area contributed by atoms with Gasteiger partial charge in [-0.2, -0.15) is 0 Å². The zero-order valence-corrected chi connectivity index (χ0v) is 9.70. The molecular weight excluding hydrogens is 231 g/mol.